The Kier molecular flexibility index (Phi) is 53.6. The van der Waals surface area contributed by atoms with Gasteiger partial charge in [0, 0.05) is 12.8 Å². The minimum Gasteiger partial charge on any atom is -0.462 e. The van der Waals surface area contributed by atoms with Gasteiger partial charge < -0.3 is 18.9 Å². The molecule has 0 aliphatic heterocycles. The predicted molar refractivity (Wildman–Crippen MR) is 308 cm³/mol. The molecule has 0 bridgehead atoms. The number of carbonyl (C=O) groups is 2. The second-order valence-electron chi connectivity index (χ2n) is 22.8. The van der Waals surface area contributed by atoms with Gasteiger partial charge >= 0.3 is 19.8 Å². The number of quaternary nitrogens is 1. The van der Waals surface area contributed by atoms with Crippen molar-refractivity contribution >= 4 is 19.8 Å². The molecule has 0 spiro atoms. The van der Waals surface area contributed by atoms with Gasteiger partial charge in [-0.1, -0.05) is 283 Å². The van der Waals surface area contributed by atoms with Crippen molar-refractivity contribution < 1.29 is 42.1 Å². The molecule has 0 aliphatic carbocycles. The van der Waals surface area contributed by atoms with Crippen molar-refractivity contribution in [1.82, 2.24) is 0 Å². The fourth-order valence-electron chi connectivity index (χ4n) is 9.43. The Morgan fingerprint density at radius 2 is 0.708 bits per heavy atom. The summed E-state index contributed by atoms with van der Waals surface area (Å²) in [5.74, 6) is -0.777. The minimum atomic E-state index is -4.38. The van der Waals surface area contributed by atoms with Crippen LogP contribution in [0.15, 0.2) is 12.2 Å². The highest BCUT2D eigenvalue weighted by Crippen LogP contribution is 2.43. The van der Waals surface area contributed by atoms with Crippen LogP contribution in [0.2, 0.25) is 0 Å². The SMILES string of the molecule is CCCCCCCCCC/C=C\CCCCCCCCCCCCCC(=O)OC(COC(=O)CCCCCCCCCCCCCCCCCCCCCCCCCCC)COP(=O)(O)OCC[N+](C)(C)C. The number of hydrogen-bond donors (Lipinski definition) is 1. The summed E-state index contributed by atoms with van der Waals surface area (Å²) < 4.78 is 34.7. The topological polar surface area (TPSA) is 108 Å². The molecule has 0 rings (SSSR count). The second-order valence-corrected chi connectivity index (χ2v) is 24.3. The van der Waals surface area contributed by atoms with E-state index in [1.807, 2.05) is 21.1 Å². The Balaban J connectivity index is 4.07. The van der Waals surface area contributed by atoms with Crippen molar-refractivity contribution in [3.8, 4) is 0 Å². The highest BCUT2D eigenvalue weighted by molar-refractivity contribution is 7.47. The molecule has 0 aromatic heterocycles. The number of phosphoric acid groups is 1. The minimum absolute atomic E-state index is 0.0356. The van der Waals surface area contributed by atoms with Crippen LogP contribution >= 0.6 is 7.82 Å². The Labute approximate surface area is 447 Å². The summed E-state index contributed by atoms with van der Waals surface area (Å²) in [6, 6.07) is 0. The van der Waals surface area contributed by atoms with Crippen molar-refractivity contribution in [3.63, 3.8) is 0 Å². The molecular weight excluding hydrogens is 918 g/mol. The molecule has 1 N–H and O–H groups in total. The van der Waals surface area contributed by atoms with E-state index in [1.54, 1.807) is 0 Å². The summed E-state index contributed by atoms with van der Waals surface area (Å²) in [6.07, 6.45) is 64.3. The maximum atomic E-state index is 12.8. The first-order valence-corrected chi connectivity index (χ1v) is 32.9. The molecular formula is C62H123NO8P+. The van der Waals surface area contributed by atoms with E-state index >= 15 is 0 Å². The third-order valence-electron chi connectivity index (χ3n) is 14.3. The van der Waals surface area contributed by atoms with Gasteiger partial charge in [-0.3, -0.25) is 18.6 Å². The zero-order valence-corrected chi connectivity index (χ0v) is 49.6. The van der Waals surface area contributed by atoms with Crippen LogP contribution in [0.1, 0.15) is 322 Å². The van der Waals surface area contributed by atoms with Crippen LogP contribution in [-0.4, -0.2) is 74.9 Å². The fourth-order valence-corrected chi connectivity index (χ4v) is 10.2. The number of ether oxygens (including phenoxy) is 2. The van der Waals surface area contributed by atoms with E-state index in [9.17, 15) is 19.0 Å². The third kappa shape index (κ3) is 58.0. The van der Waals surface area contributed by atoms with E-state index in [2.05, 4.69) is 26.0 Å². The fraction of sp³-hybridized carbons (Fsp3) is 0.935. The quantitative estimate of drug-likeness (QED) is 0.0211. The number of esters is 2. The van der Waals surface area contributed by atoms with Crippen molar-refractivity contribution in [1.29, 1.82) is 0 Å². The smallest absolute Gasteiger partial charge is 0.462 e. The molecule has 0 saturated carbocycles. The van der Waals surface area contributed by atoms with Gasteiger partial charge in [0.25, 0.3) is 0 Å². The molecule has 428 valence electrons. The number of phosphoric ester groups is 1. The second kappa shape index (κ2) is 54.5. The van der Waals surface area contributed by atoms with E-state index in [1.165, 1.54) is 257 Å². The summed E-state index contributed by atoms with van der Waals surface area (Å²) in [4.78, 5) is 35.8. The van der Waals surface area contributed by atoms with E-state index in [4.69, 9.17) is 18.5 Å². The highest BCUT2D eigenvalue weighted by Gasteiger charge is 2.27. The maximum Gasteiger partial charge on any atom is 0.472 e. The standard InChI is InChI=1S/C62H122NO8P/c1-6-8-10-12-14-16-18-20-22-24-26-28-30-31-33-34-36-38-40-42-44-46-48-50-52-54-61(64)68-58-60(59-70-72(66,67)69-57-56-63(3,4)5)71-62(65)55-53-51-49-47-45-43-41-39-37-35-32-29-27-25-23-21-19-17-15-13-11-9-7-2/h25,27,60H,6-24,26,28-59H2,1-5H3/p+1/b27-25-. The molecule has 0 fully saturated rings. The van der Waals surface area contributed by atoms with Crippen molar-refractivity contribution in [2.75, 3.05) is 47.5 Å². The van der Waals surface area contributed by atoms with Crippen LogP contribution in [0, 0.1) is 0 Å². The van der Waals surface area contributed by atoms with Crippen molar-refractivity contribution in [2.24, 2.45) is 0 Å². The van der Waals surface area contributed by atoms with Gasteiger partial charge in [0.15, 0.2) is 6.10 Å². The van der Waals surface area contributed by atoms with Gasteiger partial charge in [-0.05, 0) is 38.5 Å². The molecule has 2 atom stereocenters. The van der Waals surface area contributed by atoms with Gasteiger partial charge in [-0.15, -0.1) is 0 Å². The average molecular weight is 1040 g/mol. The lowest BCUT2D eigenvalue weighted by atomic mass is 10.0. The first-order valence-electron chi connectivity index (χ1n) is 31.4. The molecule has 0 saturated heterocycles. The molecule has 0 aromatic carbocycles. The molecule has 2 unspecified atom stereocenters. The lowest BCUT2D eigenvalue weighted by molar-refractivity contribution is -0.870. The van der Waals surface area contributed by atoms with Crippen LogP contribution < -0.4 is 0 Å². The average Bonchev–Trinajstić information content (AvgIpc) is 3.34. The van der Waals surface area contributed by atoms with Gasteiger partial charge in [0.2, 0.25) is 0 Å². The van der Waals surface area contributed by atoms with E-state index < -0.39 is 26.5 Å². The van der Waals surface area contributed by atoms with E-state index in [-0.39, 0.29) is 25.6 Å². The number of carbonyl (C=O) groups excluding carboxylic acids is 2. The van der Waals surface area contributed by atoms with Crippen LogP contribution in [0.3, 0.4) is 0 Å². The number of hydrogen-bond acceptors (Lipinski definition) is 7. The molecule has 0 aliphatic rings. The first-order chi connectivity index (χ1) is 35.0. The molecule has 0 heterocycles. The summed E-state index contributed by atoms with van der Waals surface area (Å²) in [5, 5.41) is 0. The van der Waals surface area contributed by atoms with Crippen molar-refractivity contribution in [3.05, 3.63) is 12.2 Å². The Bertz CT molecular complexity index is 1220. The summed E-state index contributed by atoms with van der Waals surface area (Å²) >= 11 is 0. The summed E-state index contributed by atoms with van der Waals surface area (Å²) in [6.45, 7) is 4.50. The monoisotopic (exact) mass is 1040 g/mol. The summed E-state index contributed by atoms with van der Waals surface area (Å²) in [7, 11) is 1.50. The number of rotatable bonds is 59. The van der Waals surface area contributed by atoms with Gasteiger partial charge in [-0.25, -0.2) is 4.57 Å². The molecule has 0 aromatic rings. The van der Waals surface area contributed by atoms with E-state index in [0.29, 0.717) is 23.9 Å². The van der Waals surface area contributed by atoms with Gasteiger partial charge in [-0.2, -0.15) is 0 Å². The van der Waals surface area contributed by atoms with Gasteiger partial charge in [0.1, 0.15) is 19.8 Å². The predicted octanol–water partition coefficient (Wildman–Crippen LogP) is 19.6. The Morgan fingerprint density at radius 3 is 1.03 bits per heavy atom. The van der Waals surface area contributed by atoms with Crippen LogP contribution in [0.5, 0.6) is 0 Å². The van der Waals surface area contributed by atoms with Crippen LogP contribution in [-0.2, 0) is 32.7 Å². The number of unbranched alkanes of at least 4 members (excludes halogenated alkanes) is 43. The molecule has 9 nitrogen and oxygen atoms in total. The lowest BCUT2D eigenvalue weighted by Crippen LogP contribution is -2.37. The van der Waals surface area contributed by atoms with E-state index in [0.717, 1.165) is 32.1 Å². The van der Waals surface area contributed by atoms with Crippen molar-refractivity contribution in [2.45, 2.75) is 328 Å². The number of nitrogens with zero attached hydrogens (tertiary/aromatic N) is 1. The normalized spacial score (nSPS) is 13.2. The third-order valence-corrected chi connectivity index (χ3v) is 15.3. The van der Waals surface area contributed by atoms with Gasteiger partial charge in [0.05, 0.1) is 27.7 Å². The summed E-state index contributed by atoms with van der Waals surface area (Å²) in [5.41, 5.74) is 0. The molecule has 10 heteroatoms. The first kappa shape index (κ1) is 70.8. The lowest BCUT2D eigenvalue weighted by Gasteiger charge is -2.24. The zero-order chi connectivity index (χ0) is 52.7. The number of allylic oxidation sites excluding steroid dienone is 2. The Morgan fingerprint density at radius 1 is 0.417 bits per heavy atom. The van der Waals surface area contributed by atoms with Crippen LogP contribution in [0.4, 0.5) is 0 Å². The highest BCUT2D eigenvalue weighted by atomic mass is 31.2. The molecule has 0 amide bonds. The zero-order valence-electron chi connectivity index (χ0n) is 48.7. The Hall–Kier alpha value is -1.25. The van der Waals surface area contributed by atoms with Crippen LogP contribution in [0.25, 0.3) is 0 Å². The molecule has 0 radical (unpaired) electrons. The number of likely N-dealkylation sites (N-methyl/N-ethyl adjacent to an activating group) is 1. The maximum absolute atomic E-state index is 12.8. The largest absolute Gasteiger partial charge is 0.472 e. The molecule has 72 heavy (non-hydrogen) atoms.